The van der Waals surface area contributed by atoms with E-state index in [1.807, 2.05) is 32.3 Å². The molecule has 1 unspecified atom stereocenters. The molecule has 2 saturated heterocycles. The molecule has 3 aliphatic heterocycles. The number of carbonyl (C=O) groups excluding carboxylic acids is 1. The summed E-state index contributed by atoms with van der Waals surface area (Å²) in [6, 6.07) is 16.3. The van der Waals surface area contributed by atoms with E-state index in [4.69, 9.17) is 5.73 Å². The fourth-order valence-electron chi connectivity index (χ4n) is 5.98. The molecule has 0 radical (unpaired) electrons. The van der Waals surface area contributed by atoms with Crippen LogP contribution in [0.1, 0.15) is 27.8 Å². The smallest absolute Gasteiger partial charge is 0.261 e. The average molecular weight is 540 g/mol. The van der Waals surface area contributed by atoms with Crippen molar-refractivity contribution in [3.8, 4) is 0 Å². The molecule has 1 aromatic heterocycles. The molecule has 1 atom stereocenters. The number of hydrogen-bond donors (Lipinski definition) is 3. The Morgan fingerprint density at radius 3 is 2.50 bits per heavy atom. The van der Waals surface area contributed by atoms with Crippen LogP contribution in [0.15, 0.2) is 65.8 Å². The molecule has 208 valence electrons. The van der Waals surface area contributed by atoms with Crippen LogP contribution in [0.3, 0.4) is 0 Å². The molecule has 3 aromatic rings. The van der Waals surface area contributed by atoms with Gasteiger partial charge in [-0.3, -0.25) is 4.79 Å². The highest BCUT2D eigenvalue weighted by atomic mass is 16.1. The molecule has 1 amide bonds. The third kappa shape index (κ3) is 5.32. The summed E-state index contributed by atoms with van der Waals surface area (Å²) in [5, 5.41) is 10.7. The van der Waals surface area contributed by atoms with E-state index in [9.17, 15) is 4.79 Å². The Labute approximate surface area is 235 Å². The van der Waals surface area contributed by atoms with E-state index >= 15 is 0 Å². The topological polar surface area (TPSA) is 107 Å². The van der Waals surface area contributed by atoms with E-state index in [0.29, 0.717) is 11.0 Å². The van der Waals surface area contributed by atoms with Crippen molar-refractivity contribution >= 4 is 35.0 Å². The van der Waals surface area contributed by atoms with Crippen molar-refractivity contribution in [1.82, 2.24) is 24.9 Å². The van der Waals surface area contributed by atoms with Crippen molar-refractivity contribution in [2.75, 3.05) is 69.8 Å². The Kier molecular flexibility index (Phi) is 6.81. The number of nitrogens with zero attached hydrogens (tertiary/aromatic N) is 6. The molecule has 10 heteroatoms. The van der Waals surface area contributed by atoms with Crippen LogP contribution < -0.4 is 21.3 Å². The van der Waals surface area contributed by atoms with Crippen molar-refractivity contribution in [2.24, 2.45) is 10.4 Å². The van der Waals surface area contributed by atoms with Crippen LogP contribution in [0.25, 0.3) is 5.70 Å². The van der Waals surface area contributed by atoms with Crippen LogP contribution in [-0.4, -0.2) is 85.6 Å². The third-order valence-electron chi connectivity index (χ3n) is 7.96. The second-order valence-electron chi connectivity index (χ2n) is 11.5. The highest BCUT2D eigenvalue weighted by molar-refractivity contribution is 6.07. The van der Waals surface area contributed by atoms with E-state index in [2.05, 4.69) is 78.9 Å². The average Bonchev–Trinajstić information content (AvgIpc) is 3.32. The van der Waals surface area contributed by atoms with Gasteiger partial charge in [-0.2, -0.15) is 5.10 Å². The standard InChI is InChI=1S/C30H37N9O/c1-36(2)24-10-6-22(7-11-24)26-12-14-32-29(34-26)39-16-25(27(31)35-39)28(40)33-23-8-4-21(5-9-23)13-15-38-19-30(20-38)17-37(3)18-30/h4-12,14,16,29,34H,13,15,17-20H2,1-3H3,(H2,31,35)(H,33,40). The second kappa shape index (κ2) is 10.4. The van der Waals surface area contributed by atoms with E-state index < -0.39 is 6.29 Å². The van der Waals surface area contributed by atoms with Gasteiger partial charge in [0.15, 0.2) is 5.82 Å². The zero-order valence-electron chi connectivity index (χ0n) is 23.3. The van der Waals surface area contributed by atoms with E-state index in [-0.39, 0.29) is 11.7 Å². The Morgan fingerprint density at radius 1 is 1.10 bits per heavy atom. The number of nitrogen functional groups attached to an aromatic ring is 1. The third-order valence-corrected chi connectivity index (χ3v) is 7.96. The lowest BCUT2D eigenvalue weighted by Gasteiger charge is -2.59. The molecule has 40 heavy (non-hydrogen) atoms. The van der Waals surface area contributed by atoms with Crippen LogP contribution >= 0.6 is 0 Å². The fourth-order valence-corrected chi connectivity index (χ4v) is 5.98. The van der Waals surface area contributed by atoms with Crippen LogP contribution in [0.2, 0.25) is 0 Å². The molecule has 2 fully saturated rings. The Balaban J connectivity index is 1.03. The predicted octanol–water partition coefficient (Wildman–Crippen LogP) is 2.74. The summed E-state index contributed by atoms with van der Waals surface area (Å²) in [7, 11) is 6.22. The molecule has 4 N–H and O–H groups in total. The molecule has 0 saturated carbocycles. The molecular formula is C30H37N9O. The summed E-state index contributed by atoms with van der Waals surface area (Å²) in [6.07, 6.45) is 5.78. The maximum atomic E-state index is 13.0. The number of anilines is 3. The summed E-state index contributed by atoms with van der Waals surface area (Å²) < 4.78 is 1.58. The summed E-state index contributed by atoms with van der Waals surface area (Å²) >= 11 is 0. The first-order valence-electron chi connectivity index (χ1n) is 13.7. The van der Waals surface area contributed by atoms with Crippen LogP contribution in [0.4, 0.5) is 17.2 Å². The van der Waals surface area contributed by atoms with E-state index in [1.54, 1.807) is 17.1 Å². The van der Waals surface area contributed by atoms with Gasteiger partial charge in [0, 0.05) is 81.7 Å². The van der Waals surface area contributed by atoms with Crippen molar-refractivity contribution in [3.63, 3.8) is 0 Å². The van der Waals surface area contributed by atoms with Crippen LogP contribution in [0.5, 0.6) is 0 Å². The first-order chi connectivity index (χ1) is 19.3. The summed E-state index contributed by atoms with van der Waals surface area (Å²) in [4.78, 5) is 24.5. The molecule has 4 heterocycles. The molecule has 0 bridgehead atoms. The van der Waals surface area contributed by atoms with Gasteiger partial charge >= 0.3 is 0 Å². The van der Waals surface area contributed by atoms with Crippen molar-refractivity contribution in [2.45, 2.75) is 12.7 Å². The van der Waals surface area contributed by atoms with Gasteiger partial charge in [-0.25, -0.2) is 9.67 Å². The first kappa shape index (κ1) is 26.1. The minimum absolute atomic E-state index is 0.155. The second-order valence-corrected chi connectivity index (χ2v) is 11.5. The number of likely N-dealkylation sites (tertiary alicyclic amines) is 2. The maximum Gasteiger partial charge on any atom is 0.261 e. The Bertz CT molecular complexity index is 1420. The number of benzene rings is 2. The number of hydrogen-bond acceptors (Lipinski definition) is 8. The molecule has 10 nitrogen and oxygen atoms in total. The van der Waals surface area contributed by atoms with Crippen molar-refractivity contribution < 1.29 is 4.79 Å². The molecule has 2 aromatic carbocycles. The SMILES string of the molecule is CN1CC2(C1)CN(CCc1ccc(NC(=O)c3cn(C4N=CC=C(c5ccc(N(C)C)cc5)N4)nc3N)cc1)C2. The van der Waals surface area contributed by atoms with Gasteiger partial charge in [0.1, 0.15) is 5.56 Å². The zero-order chi connectivity index (χ0) is 27.9. The number of nitrogens with two attached hydrogens (primary N) is 1. The maximum absolute atomic E-state index is 13.0. The number of allylic oxidation sites excluding steroid dienone is 1. The van der Waals surface area contributed by atoms with E-state index in [1.165, 1.54) is 31.7 Å². The van der Waals surface area contributed by atoms with Gasteiger partial charge in [0.05, 0.1) is 0 Å². The monoisotopic (exact) mass is 539 g/mol. The number of amides is 1. The summed E-state index contributed by atoms with van der Waals surface area (Å²) in [5.74, 6) is -0.148. The molecular weight excluding hydrogens is 502 g/mol. The van der Waals surface area contributed by atoms with Gasteiger partial charge < -0.3 is 31.1 Å². The van der Waals surface area contributed by atoms with Gasteiger partial charge in [-0.15, -0.1) is 0 Å². The Morgan fingerprint density at radius 2 is 1.82 bits per heavy atom. The number of carbonyl (C=O) groups is 1. The van der Waals surface area contributed by atoms with Crippen LogP contribution in [-0.2, 0) is 6.42 Å². The van der Waals surface area contributed by atoms with Gasteiger partial charge in [-0.1, -0.05) is 24.3 Å². The molecule has 3 aliphatic rings. The quantitative estimate of drug-likeness (QED) is 0.404. The molecule has 6 rings (SSSR count). The normalized spacial score (nSPS) is 19.9. The fraction of sp³-hybridized carbons (Fsp3) is 0.367. The minimum Gasteiger partial charge on any atom is -0.382 e. The highest BCUT2D eigenvalue weighted by Gasteiger charge is 2.49. The van der Waals surface area contributed by atoms with Crippen LogP contribution in [0, 0.1) is 5.41 Å². The minimum atomic E-state index is -0.511. The van der Waals surface area contributed by atoms with Gasteiger partial charge in [0.2, 0.25) is 6.29 Å². The number of aliphatic imine (C=N–C) groups is 1. The predicted molar refractivity (Wildman–Crippen MR) is 161 cm³/mol. The van der Waals surface area contributed by atoms with Gasteiger partial charge in [-0.05, 0) is 54.9 Å². The molecule has 0 aliphatic carbocycles. The summed E-state index contributed by atoms with van der Waals surface area (Å²) in [6.45, 7) is 5.96. The summed E-state index contributed by atoms with van der Waals surface area (Å²) in [5.41, 5.74) is 12.1. The largest absolute Gasteiger partial charge is 0.382 e. The highest BCUT2D eigenvalue weighted by Crippen LogP contribution is 2.38. The lowest BCUT2D eigenvalue weighted by molar-refractivity contribution is -0.103. The number of rotatable bonds is 8. The Hall–Kier alpha value is -4.15. The zero-order valence-corrected chi connectivity index (χ0v) is 23.3. The first-order valence-corrected chi connectivity index (χ1v) is 13.7. The number of nitrogens with one attached hydrogen (secondary N) is 2. The lowest BCUT2D eigenvalue weighted by Crippen LogP contribution is -2.71. The molecule has 1 spiro atoms. The van der Waals surface area contributed by atoms with E-state index in [0.717, 1.165) is 35.6 Å². The van der Waals surface area contributed by atoms with Gasteiger partial charge in [0.25, 0.3) is 5.91 Å². The lowest BCUT2D eigenvalue weighted by atomic mass is 9.73. The van der Waals surface area contributed by atoms with Crippen molar-refractivity contribution in [3.05, 3.63) is 77.5 Å². The number of aromatic nitrogens is 2. The van der Waals surface area contributed by atoms with Crippen molar-refractivity contribution in [1.29, 1.82) is 0 Å².